The average Bonchev–Trinajstić information content (AvgIpc) is 2.96. The SMILES string of the molecule is Cc1cccc(-n2[nH]c3cc(=O)n(Cc4ccccc4)c(C)c3c2=O)c1. The smallest absolute Gasteiger partial charge is 0.280 e. The molecule has 0 spiro atoms. The molecule has 5 nitrogen and oxygen atoms in total. The Morgan fingerprint density at radius 3 is 2.42 bits per heavy atom. The predicted molar refractivity (Wildman–Crippen MR) is 103 cm³/mol. The van der Waals surface area contributed by atoms with E-state index in [1.807, 2.05) is 68.4 Å². The van der Waals surface area contributed by atoms with Gasteiger partial charge in [0, 0.05) is 11.8 Å². The minimum absolute atomic E-state index is 0.128. The highest BCUT2D eigenvalue weighted by molar-refractivity contribution is 5.80. The monoisotopic (exact) mass is 345 g/mol. The van der Waals surface area contributed by atoms with Gasteiger partial charge in [-0.2, -0.15) is 0 Å². The van der Waals surface area contributed by atoms with E-state index in [1.54, 1.807) is 4.57 Å². The highest BCUT2D eigenvalue weighted by atomic mass is 16.1. The molecule has 2 aromatic carbocycles. The maximum atomic E-state index is 13.0. The van der Waals surface area contributed by atoms with E-state index in [0.29, 0.717) is 23.1 Å². The maximum Gasteiger partial charge on any atom is 0.280 e. The van der Waals surface area contributed by atoms with Crippen LogP contribution in [0.15, 0.2) is 70.3 Å². The number of hydrogen-bond donors (Lipinski definition) is 1. The van der Waals surface area contributed by atoms with E-state index in [2.05, 4.69) is 5.10 Å². The zero-order valence-electron chi connectivity index (χ0n) is 14.7. The van der Waals surface area contributed by atoms with Crippen molar-refractivity contribution in [3.63, 3.8) is 0 Å². The van der Waals surface area contributed by atoms with Gasteiger partial charge < -0.3 is 4.57 Å². The Balaban J connectivity index is 1.91. The molecule has 0 unspecified atom stereocenters. The van der Waals surface area contributed by atoms with Crippen molar-refractivity contribution in [2.75, 3.05) is 0 Å². The van der Waals surface area contributed by atoms with Crippen molar-refractivity contribution in [1.82, 2.24) is 14.3 Å². The highest BCUT2D eigenvalue weighted by Gasteiger charge is 2.15. The summed E-state index contributed by atoms with van der Waals surface area (Å²) < 4.78 is 3.14. The van der Waals surface area contributed by atoms with Gasteiger partial charge >= 0.3 is 0 Å². The summed E-state index contributed by atoms with van der Waals surface area (Å²) in [6.07, 6.45) is 0. The Labute approximate surface area is 150 Å². The van der Waals surface area contributed by atoms with E-state index in [4.69, 9.17) is 0 Å². The standard InChI is InChI=1S/C21H19N3O2/c1-14-7-6-10-17(11-14)24-21(26)20-15(2)23(19(25)12-18(20)22-24)13-16-8-4-3-5-9-16/h3-12,22H,13H2,1-2H3. The molecule has 0 atom stereocenters. The van der Waals surface area contributed by atoms with E-state index >= 15 is 0 Å². The van der Waals surface area contributed by atoms with Gasteiger partial charge in [0.2, 0.25) is 0 Å². The van der Waals surface area contributed by atoms with Gasteiger partial charge in [0.1, 0.15) is 0 Å². The lowest BCUT2D eigenvalue weighted by atomic mass is 10.2. The van der Waals surface area contributed by atoms with Crippen LogP contribution in [-0.2, 0) is 6.54 Å². The molecule has 0 aliphatic carbocycles. The lowest BCUT2D eigenvalue weighted by Crippen LogP contribution is -2.23. The fourth-order valence-corrected chi connectivity index (χ4v) is 3.32. The maximum absolute atomic E-state index is 13.0. The Hall–Kier alpha value is -3.34. The number of aromatic amines is 1. The summed E-state index contributed by atoms with van der Waals surface area (Å²) in [6.45, 7) is 4.24. The first-order valence-corrected chi connectivity index (χ1v) is 8.51. The molecular weight excluding hydrogens is 326 g/mol. The third kappa shape index (κ3) is 2.67. The normalized spacial score (nSPS) is 11.2. The van der Waals surface area contributed by atoms with Crippen LogP contribution in [0.5, 0.6) is 0 Å². The highest BCUT2D eigenvalue weighted by Crippen LogP contribution is 2.15. The van der Waals surface area contributed by atoms with Crippen molar-refractivity contribution in [2.24, 2.45) is 0 Å². The number of aromatic nitrogens is 3. The van der Waals surface area contributed by atoms with Crippen molar-refractivity contribution in [3.05, 3.63) is 98.2 Å². The van der Waals surface area contributed by atoms with Crippen molar-refractivity contribution in [3.8, 4) is 5.69 Å². The third-order valence-electron chi connectivity index (χ3n) is 4.66. The van der Waals surface area contributed by atoms with Crippen LogP contribution in [0, 0.1) is 13.8 Å². The second-order valence-corrected chi connectivity index (χ2v) is 6.52. The van der Waals surface area contributed by atoms with Crippen LogP contribution in [0.4, 0.5) is 0 Å². The van der Waals surface area contributed by atoms with Crippen LogP contribution >= 0.6 is 0 Å². The van der Waals surface area contributed by atoms with Gasteiger partial charge in [0.15, 0.2) is 0 Å². The Morgan fingerprint density at radius 1 is 0.923 bits per heavy atom. The van der Waals surface area contributed by atoms with Crippen molar-refractivity contribution in [1.29, 1.82) is 0 Å². The van der Waals surface area contributed by atoms with E-state index in [9.17, 15) is 9.59 Å². The first-order valence-electron chi connectivity index (χ1n) is 8.51. The van der Waals surface area contributed by atoms with Crippen molar-refractivity contribution >= 4 is 10.9 Å². The summed E-state index contributed by atoms with van der Waals surface area (Å²) in [5.41, 5.74) is 3.79. The molecular formula is C21H19N3O2. The number of hydrogen-bond acceptors (Lipinski definition) is 2. The molecule has 0 bridgehead atoms. The molecule has 5 heteroatoms. The van der Waals surface area contributed by atoms with Gasteiger partial charge in [-0.1, -0.05) is 42.5 Å². The average molecular weight is 345 g/mol. The van der Waals surface area contributed by atoms with Crippen LogP contribution in [0.1, 0.15) is 16.8 Å². The molecule has 0 saturated carbocycles. The van der Waals surface area contributed by atoms with Gasteiger partial charge in [-0.05, 0) is 37.1 Å². The second kappa shape index (κ2) is 6.19. The van der Waals surface area contributed by atoms with Crippen LogP contribution in [0.3, 0.4) is 0 Å². The molecule has 26 heavy (non-hydrogen) atoms. The number of nitrogens with one attached hydrogen (secondary N) is 1. The van der Waals surface area contributed by atoms with Crippen LogP contribution < -0.4 is 11.1 Å². The summed E-state index contributed by atoms with van der Waals surface area (Å²) in [7, 11) is 0. The lowest BCUT2D eigenvalue weighted by molar-refractivity contribution is 0.738. The molecule has 2 aromatic heterocycles. The minimum atomic E-state index is -0.148. The van der Waals surface area contributed by atoms with E-state index in [1.165, 1.54) is 10.7 Å². The quantitative estimate of drug-likeness (QED) is 0.620. The largest absolute Gasteiger partial charge is 0.308 e. The fourth-order valence-electron chi connectivity index (χ4n) is 3.32. The molecule has 0 aliphatic rings. The van der Waals surface area contributed by atoms with E-state index < -0.39 is 0 Å². The molecule has 0 fully saturated rings. The van der Waals surface area contributed by atoms with E-state index in [0.717, 1.165) is 16.8 Å². The van der Waals surface area contributed by atoms with Crippen LogP contribution in [-0.4, -0.2) is 14.3 Å². The predicted octanol–water partition coefficient (Wildman–Crippen LogP) is 3.15. The van der Waals surface area contributed by atoms with Crippen LogP contribution in [0.2, 0.25) is 0 Å². The Morgan fingerprint density at radius 2 is 1.69 bits per heavy atom. The molecule has 0 aliphatic heterocycles. The minimum Gasteiger partial charge on any atom is -0.308 e. The number of nitrogens with zero attached hydrogens (tertiary/aromatic N) is 2. The van der Waals surface area contributed by atoms with E-state index in [-0.39, 0.29) is 11.1 Å². The first kappa shape index (κ1) is 16.1. The molecule has 4 aromatic rings. The summed E-state index contributed by atoms with van der Waals surface area (Å²) in [5.74, 6) is 0. The Kier molecular flexibility index (Phi) is 3.84. The van der Waals surface area contributed by atoms with Gasteiger partial charge in [-0.25, -0.2) is 4.68 Å². The van der Waals surface area contributed by atoms with Gasteiger partial charge in [-0.15, -0.1) is 0 Å². The molecule has 0 amide bonds. The first-order chi connectivity index (χ1) is 12.5. The molecule has 2 heterocycles. The molecule has 130 valence electrons. The topological polar surface area (TPSA) is 59.8 Å². The van der Waals surface area contributed by atoms with Crippen molar-refractivity contribution < 1.29 is 0 Å². The zero-order chi connectivity index (χ0) is 18.3. The van der Waals surface area contributed by atoms with Crippen LogP contribution in [0.25, 0.3) is 16.6 Å². The molecule has 4 rings (SSSR count). The van der Waals surface area contributed by atoms with Gasteiger partial charge in [-0.3, -0.25) is 14.7 Å². The second-order valence-electron chi connectivity index (χ2n) is 6.52. The number of benzene rings is 2. The fraction of sp³-hybridized carbons (Fsp3) is 0.143. The van der Waals surface area contributed by atoms with Crippen molar-refractivity contribution in [2.45, 2.75) is 20.4 Å². The van der Waals surface area contributed by atoms with Gasteiger partial charge in [0.05, 0.1) is 23.1 Å². The zero-order valence-corrected chi connectivity index (χ0v) is 14.7. The summed E-state index contributed by atoms with van der Waals surface area (Å²) in [5, 5.41) is 3.61. The molecule has 0 radical (unpaired) electrons. The molecule has 0 saturated heterocycles. The summed E-state index contributed by atoms with van der Waals surface area (Å²) in [6, 6.07) is 18.9. The van der Waals surface area contributed by atoms with Gasteiger partial charge in [0.25, 0.3) is 11.1 Å². The summed E-state index contributed by atoms with van der Waals surface area (Å²) in [4.78, 5) is 25.6. The molecule has 1 N–H and O–H groups in total. The number of pyridine rings is 1. The number of aryl methyl sites for hydroxylation is 2. The Bertz CT molecular complexity index is 1210. The number of fused-ring (bicyclic) bond motifs is 1. The summed E-state index contributed by atoms with van der Waals surface area (Å²) >= 11 is 0. The number of H-pyrrole nitrogens is 1. The lowest BCUT2D eigenvalue weighted by Gasteiger charge is -2.10. The third-order valence-corrected chi connectivity index (χ3v) is 4.66. The number of rotatable bonds is 3.